The molecule has 1 saturated carbocycles. The number of rotatable bonds is 3. The van der Waals surface area contributed by atoms with Gasteiger partial charge in [0.2, 0.25) is 5.91 Å². The molecule has 1 amide bonds. The van der Waals surface area contributed by atoms with Gasteiger partial charge in [0.1, 0.15) is 16.6 Å². The minimum absolute atomic E-state index is 0.261. The van der Waals surface area contributed by atoms with Gasteiger partial charge in [-0.2, -0.15) is 0 Å². The summed E-state index contributed by atoms with van der Waals surface area (Å²) in [6.45, 7) is 6.30. The number of amides is 1. The highest BCUT2D eigenvalue weighted by atomic mass is 79.9. The van der Waals surface area contributed by atoms with Crippen molar-refractivity contribution >= 4 is 27.4 Å². The minimum Gasteiger partial charge on any atom is -0.489 e. The van der Waals surface area contributed by atoms with Crippen molar-refractivity contribution in [1.29, 1.82) is 0 Å². The Morgan fingerprint density at radius 1 is 1.52 bits per heavy atom. The molecule has 0 radical (unpaired) electrons. The zero-order valence-electron chi connectivity index (χ0n) is 12.1. The van der Waals surface area contributed by atoms with Crippen LogP contribution in [0.2, 0.25) is 0 Å². The van der Waals surface area contributed by atoms with Crippen molar-refractivity contribution in [2.75, 3.05) is 6.61 Å². The molecule has 2 N–H and O–H groups in total. The van der Waals surface area contributed by atoms with Gasteiger partial charge in [0.05, 0.1) is 5.69 Å². The van der Waals surface area contributed by atoms with Gasteiger partial charge in [0, 0.05) is 5.56 Å². The fraction of sp³-hybridized carbons (Fsp3) is 0.500. The highest BCUT2D eigenvalue weighted by Gasteiger charge is 2.43. The number of aromatic nitrogens is 1. The predicted molar refractivity (Wildman–Crippen MR) is 85.0 cm³/mol. The number of halogens is 1. The minimum atomic E-state index is -0.800. The van der Waals surface area contributed by atoms with Crippen LogP contribution in [0.4, 0.5) is 0 Å². The number of fused-ring (bicyclic) bond motifs is 1. The molecule has 0 saturated heterocycles. The summed E-state index contributed by atoms with van der Waals surface area (Å²) in [4.78, 5) is 16.4. The van der Waals surface area contributed by atoms with E-state index in [1.165, 1.54) is 25.7 Å². The molecule has 4 nitrogen and oxygen atoms in total. The van der Waals surface area contributed by atoms with Crippen LogP contribution in [0.3, 0.4) is 0 Å². The lowest BCUT2D eigenvalue weighted by Gasteiger charge is -2.19. The summed E-state index contributed by atoms with van der Waals surface area (Å²) in [7, 11) is 0. The molecular weight excluding hydrogens is 332 g/mol. The number of allylic oxidation sites excluding steroid dienone is 1. The number of hydrogen-bond donors (Lipinski definition) is 1. The number of carbonyl (C=O) groups is 1. The molecular formula is C16H19BrN2O2. The first-order valence-electron chi connectivity index (χ1n) is 7.26. The molecule has 0 aromatic carbocycles. The first-order valence-corrected chi connectivity index (χ1v) is 8.05. The Hall–Kier alpha value is -1.36. The van der Waals surface area contributed by atoms with Gasteiger partial charge < -0.3 is 10.5 Å². The Labute approximate surface area is 132 Å². The maximum Gasteiger partial charge on any atom is 0.231 e. The Bertz CT molecular complexity index is 623. The summed E-state index contributed by atoms with van der Waals surface area (Å²) < 4.78 is 6.25. The molecule has 5 heteroatoms. The van der Waals surface area contributed by atoms with Gasteiger partial charge >= 0.3 is 0 Å². The SMILES string of the molecule is C=C(c1cc2c(c(Br)n1)OC[C@]2(C)C(N)=O)C1CCCC1. The summed E-state index contributed by atoms with van der Waals surface area (Å²) in [6.07, 6.45) is 4.83. The Balaban J connectivity index is 2.04. The van der Waals surface area contributed by atoms with Crippen LogP contribution in [0.1, 0.15) is 43.9 Å². The second kappa shape index (κ2) is 5.13. The normalized spacial score (nSPS) is 24.7. The summed E-state index contributed by atoms with van der Waals surface area (Å²) >= 11 is 3.45. The van der Waals surface area contributed by atoms with Crippen molar-refractivity contribution in [3.63, 3.8) is 0 Å². The van der Waals surface area contributed by atoms with E-state index in [0.29, 0.717) is 16.3 Å². The number of hydrogen-bond acceptors (Lipinski definition) is 3. The van der Waals surface area contributed by atoms with Crippen LogP contribution in [0.5, 0.6) is 5.75 Å². The third-order valence-corrected chi connectivity index (χ3v) is 5.29. The Morgan fingerprint density at radius 2 is 2.19 bits per heavy atom. The van der Waals surface area contributed by atoms with Gasteiger partial charge in [-0.3, -0.25) is 4.79 Å². The number of carbonyl (C=O) groups excluding carboxylic acids is 1. The number of nitrogens with zero attached hydrogens (tertiary/aromatic N) is 1. The van der Waals surface area contributed by atoms with E-state index in [9.17, 15) is 4.79 Å². The molecule has 1 aliphatic carbocycles. The fourth-order valence-electron chi connectivity index (χ4n) is 3.20. The summed E-state index contributed by atoms with van der Waals surface area (Å²) in [6, 6.07) is 1.93. The first kappa shape index (κ1) is 14.6. The van der Waals surface area contributed by atoms with Crippen molar-refractivity contribution in [3.05, 3.63) is 28.5 Å². The molecule has 112 valence electrons. The quantitative estimate of drug-likeness (QED) is 0.851. The largest absolute Gasteiger partial charge is 0.489 e. The van der Waals surface area contributed by atoms with Crippen molar-refractivity contribution in [2.24, 2.45) is 11.7 Å². The van der Waals surface area contributed by atoms with Crippen molar-refractivity contribution in [1.82, 2.24) is 4.98 Å². The third kappa shape index (κ3) is 2.27. The maximum absolute atomic E-state index is 11.8. The smallest absolute Gasteiger partial charge is 0.231 e. The van der Waals surface area contributed by atoms with Crippen molar-refractivity contribution in [3.8, 4) is 5.75 Å². The van der Waals surface area contributed by atoms with E-state index in [2.05, 4.69) is 27.5 Å². The van der Waals surface area contributed by atoms with Crippen LogP contribution >= 0.6 is 15.9 Å². The lowest BCUT2D eigenvalue weighted by atomic mass is 9.83. The zero-order valence-corrected chi connectivity index (χ0v) is 13.7. The molecule has 0 spiro atoms. The molecule has 1 fully saturated rings. The van der Waals surface area contributed by atoms with Gasteiger partial charge in [-0.1, -0.05) is 19.4 Å². The number of primary amides is 1. The molecule has 3 rings (SSSR count). The lowest BCUT2D eigenvalue weighted by molar-refractivity contribution is -0.123. The second-order valence-corrected chi connectivity index (χ2v) is 6.92. The van der Waals surface area contributed by atoms with Crippen LogP contribution in [0.25, 0.3) is 5.57 Å². The van der Waals surface area contributed by atoms with E-state index in [1.807, 2.05) is 13.0 Å². The fourth-order valence-corrected chi connectivity index (χ4v) is 3.71. The lowest BCUT2D eigenvalue weighted by Crippen LogP contribution is -2.39. The number of ether oxygens (including phenoxy) is 1. The van der Waals surface area contributed by atoms with Crippen LogP contribution in [-0.4, -0.2) is 17.5 Å². The maximum atomic E-state index is 11.8. The highest BCUT2D eigenvalue weighted by Crippen LogP contribution is 2.44. The van der Waals surface area contributed by atoms with Gasteiger partial charge in [-0.25, -0.2) is 4.98 Å². The van der Waals surface area contributed by atoms with Crippen LogP contribution in [-0.2, 0) is 10.2 Å². The van der Waals surface area contributed by atoms with Gasteiger partial charge in [0.25, 0.3) is 0 Å². The molecule has 0 bridgehead atoms. The standard InChI is InChI=1S/C16H19BrN2O2/c1-9(10-5-3-4-6-10)12-7-11-13(14(17)19-12)21-8-16(11,2)15(18)20/h7,10H,1,3-6,8H2,2H3,(H2,18,20)/t16-/m0/s1. The van der Waals surface area contributed by atoms with Gasteiger partial charge in [0.15, 0.2) is 5.75 Å². The molecule has 1 aromatic rings. The van der Waals surface area contributed by atoms with Crippen LogP contribution < -0.4 is 10.5 Å². The molecule has 1 aromatic heterocycles. The highest BCUT2D eigenvalue weighted by molar-refractivity contribution is 9.10. The number of pyridine rings is 1. The van der Waals surface area contributed by atoms with Gasteiger partial charge in [-0.05, 0) is 53.3 Å². The molecule has 2 heterocycles. The summed E-state index contributed by atoms with van der Waals surface area (Å²) in [5.41, 5.74) is 7.47. The van der Waals surface area contributed by atoms with E-state index >= 15 is 0 Å². The molecule has 2 aliphatic rings. The average Bonchev–Trinajstić information content (AvgIpc) is 3.07. The van der Waals surface area contributed by atoms with E-state index in [0.717, 1.165) is 16.8 Å². The summed E-state index contributed by atoms with van der Waals surface area (Å²) in [5, 5.41) is 0. The monoisotopic (exact) mass is 350 g/mol. The zero-order chi connectivity index (χ0) is 15.2. The topological polar surface area (TPSA) is 65.2 Å². The molecule has 0 unspecified atom stereocenters. The number of nitrogens with two attached hydrogens (primary N) is 1. The molecule has 1 aliphatic heterocycles. The third-order valence-electron chi connectivity index (χ3n) is 4.75. The average molecular weight is 351 g/mol. The van der Waals surface area contributed by atoms with Crippen molar-refractivity contribution < 1.29 is 9.53 Å². The first-order chi connectivity index (χ1) is 9.93. The van der Waals surface area contributed by atoms with E-state index in [4.69, 9.17) is 10.5 Å². The Kier molecular flexibility index (Phi) is 3.56. The van der Waals surface area contributed by atoms with E-state index < -0.39 is 5.41 Å². The van der Waals surface area contributed by atoms with Crippen molar-refractivity contribution in [2.45, 2.75) is 38.0 Å². The molecule has 21 heavy (non-hydrogen) atoms. The molecule has 1 atom stereocenters. The van der Waals surface area contributed by atoms with Gasteiger partial charge in [-0.15, -0.1) is 0 Å². The van der Waals surface area contributed by atoms with Crippen LogP contribution in [0.15, 0.2) is 17.2 Å². The predicted octanol–water partition coefficient (Wildman–Crippen LogP) is 3.18. The summed E-state index contributed by atoms with van der Waals surface area (Å²) in [5.74, 6) is 0.737. The second-order valence-electron chi connectivity index (χ2n) is 6.17. The van der Waals surface area contributed by atoms with E-state index in [-0.39, 0.29) is 12.5 Å². The Morgan fingerprint density at radius 3 is 2.81 bits per heavy atom. The van der Waals surface area contributed by atoms with E-state index in [1.54, 1.807) is 0 Å². The van der Waals surface area contributed by atoms with Crippen LogP contribution in [0, 0.1) is 5.92 Å².